The van der Waals surface area contributed by atoms with Crippen molar-refractivity contribution in [2.24, 2.45) is 17.8 Å². The Kier molecular flexibility index (Phi) is 2.20. The molecule has 0 radical (unpaired) electrons. The normalized spacial score (nSPS) is 42.8. The van der Waals surface area contributed by atoms with E-state index in [-0.39, 0.29) is 0 Å². The summed E-state index contributed by atoms with van der Waals surface area (Å²) in [6.07, 6.45) is 10.7. The molecule has 3 atom stereocenters. The van der Waals surface area contributed by atoms with Crippen LogP contribution in [0.2, 0.25) is 0 Å². The molecule has 2 saturated carbocycles. The minimum Gasteiger partial charge on any atom is -0.0654 e. The molecule has 0 N–H and O–H groups in total. The van der Waals surface area contributed by atoms with Crippen LogP contribution in [0.3, 0.4) is 0 Å². The summed E-state index contributed by atoms with van der Waals surface area (Å²) in [5.74, 6) is 3.48. The Bertz CT molecular complexity index is 128. The van der Waals surface area contributed by atoms with E-state index >= 15 is 0 Å². The quantitative estimate of drug-likeness (QED) is 0.567. The summed E-state index contributed by atoms with van der Waals surface area (Å²) in [5.41, 5.74) is 0. The van der Waals surface area contributed by atoms with Gasteiger partial charge in [-0.05, 0) is 30.6 Å². The van der Waals surface area contributed by atoms with Crippen molar-refractivity contribution in [1.29, 1.82) is 0 Å². The lowest BCUT2D eigenvalue weighted by atomic mass is 9.57. The second-order valence-corrected chi connectivity index (χ2v) is 4.49. The number of hydrogen-bond acceptors (Lipinski definition) is 0. The van der Waals surface area contributed by atoms with Gasteiger partial charge in [0.05, 0.1) is 0 Å². The summed E-state index contributed by atoms with van der Waals surface area (Å²) < 4.78 is 0. The lowest BCUT2D eigenvalue weighted by Gasteiger charge is -2.48. The summed E-state index contributed by atoms with van der Waals surface area (Å²) in [5, 5.41) is 0. The van der Waals surface area contributed by atoms with Gasteiger partial charge in [-0.15, -0.1) is 0 Å². The lowest BCUT2D eigenvalue weighted by Crippen LogP contribution is -2.38. The minimum absolute atomic E-state index is 1.14. The maximum absolute atomic E-state index is 2.33. The van der Waals surface area contributed by atoms with Crippen molar-refractivity contribution >= 4 is 0 Å². The summed E-state index contributed by atoms with van der Waals surface area (Å²) in [6, 6.07) is 0. The van der Waals surface area contributed by atoms with Crippen LogP contribution in [0.4, 0.5) is 0 Å². The van der Waals surface area contributed by atoms with Crippen LogP contribution in [0, 0.1) is 17.8 Å². The average molecular weight is 152 g/mol. The average Bonchev–Trinajstić information content (AvgIpc) is 2.01. The molecule has 64 valence electrons. The largest absolute Gasteiger partial charge is 0.0654 e. The zero-order valence-corrected chi connectivity index (χ0v) is 7.68. The van der Waals surface area contributed by atoms with Gasteiger partial charge in [-0.2, -0.15) is 0 Å². The molecule has 0 heteroatoms. The molecular weight excluding hydrogens is 132 g/mol. The maximum Gasteiger partial charge on any atom is -0.0357 e. The molecule has 2 rings (SSSR count). The second kappa shape index (κ2) is 3.16. The monoisotopic (exact) mass is 152 g/mol. The van der Waals surface area contributed by atoms with Crippen LogP contribution in [0.1, 0.15) is 51.9 Å². The molecule has 0 heterocycles. The highest BCUT2D eigenvalue weighted by Gasteiger charge is 2.40. The predicted molar refractivity (Wildman–Crippen MR) is 48.5 cm³/mol. The Morgan fingerprint density at radius 1 is 1.18 bits per heavy atom. The molecule has 0 bridgehead atoms. The fourth-order valence-corrected chi connectivity index (χ4v) is 3.22. The van der Waals surface area contributed by atoms with Crippen LogP contribution >= 0.6 is 0 Å². The first kappa shape index (κ1) is 7.64. The van der Waals surface area contributed by atoms with E-state index in [0.29, 0.717) is 0 Å². The standard InChI is InChI=1S/C11H20/c1-2-5-9-8-10-6-3-4-7-11(9)10/h9-11H,2-8H2,1H3. The van der Waals surface area contributed by atoms with Crippen LogP contribution in [-0.4, -0.2) is 0 Å². The highest BCUT2D eigenvalue weighted by atomic mass is 14.5. The van der Waals surface area contributed by atoms with E-state index in [1.54, 1.807) is 19.3 Å². The molecule has 0 aromatic heterocycles. The molecular formula is C11H20. The first-order valence-corrected chi connectivity index (χ1v) is 5.42. The highest BCUT2D eigenvalue weighted by molar-refractivity contribution is 4.90. The first-order chi connectivity index (χ1) is 5.42. The van der Waals surface area contributed by atoms with Crippen LogP contribution in [0.5, 0.6) is 0 Å². The number of fused-ring (bicyclic) bond motifs is 1. The summed E-state index contributed by atoms with van der Waals surface area (Å²) in [6.45, 7) is 2.33. The third-order valence-electron chi connectivity index (χ3n) is 3.84. The number of hydrogen-bond donors (Lipinski definition) is 0. The van der Waals surface area contributed by atoms with Crippen molar-refractivity contribution in [3.63, 3.8) is 0 Å². The van der Waals surface area contributed by atoms with Crippen LogP contribution in [0.15, 0.2) is 0 Å². The molecule has 2 aliphatic rings. The van der Waals surface area contributed by atoms with Crippen LogP contribution < -0.4 is 0 Å². The van der Waals surface area contributed by atoms with E-state index in [9.17, 15) is 0 Å². The maximum atomic E-state index is 2.33. The minimum atomic E-state index is 1.14. The lowest BCUT2D eigenvalue weighted by molar-refractivity contribution is 0.0238. The van der Waals surface area contributed by atoms with Gasteiger partial charge >= 0.3 is 0 Å². The molecule has 0 saturated heterocycles. The van der Waals surface area contributed by atoms with Gasteiger partial charge < -0.3 is 0 Å². The van der Waals surface area contributed by atoms with Crippen molar-refractivity contribution < 1.29 is 0 Å². The molecule has 0 aliphatic heterocycles. The van der Waals surface area contributed by atoms with Gasteiger partial charge in [-0.25, -0.2) is 0 Å². The molecule has 0 nitrogen and oxygen atoms in total. The van der Waals surface area contributed by atoms with Crippen molar-refractivity contribution in [2.45, 2.75) is 51.9 Å². The van der Waals surface area contributed by atoms with Gasteiger partial charge in [-0.3, -0.25) is 0 Å². The summed E-state index contributed by atoms with van der Waals surface area (Å²) in [7, 11) is 0. The van der Waals surface area contributed by atoms with Gasteiger partial charge in [0.2, 0.25) is 0 Å². The van der Waals surface area contributed by atoms with E-state index in [0.717, 1.165) is 5.92 Å². The zero-order valence-electron chi connectivity index (χ0n) is 7.68. The molecule has 0 aromatic carbocycles. The first-order valence-electron chi connectivity index (χ1n) is 5.42. The molecule has 11 heavy (non-hydrogen) atoms. The van der Waals surface area contributed by atoms with Crippen molar-refractivity contribution in [1.82, 2.24) is 0 Å². The van der Waals surface area contributed by atoms with Crippen molar-refractivity contribution in [3.05, 3.63) is 0 Å². The molecule has 0 aromatic rings. The van der Waals surface area contributed by atoms with Gasteiger partial charge in [-0.1, -0.05) is 39.0 Å². The van der Waals surface area contributed by atoms with E-state index in [2.05, 4.69) is 6.92 Å². The van der Waals surface area contributed by atoms with Gasteiger partial charge in [0, 0.05) is 0 Å². The Balaban J connectivity index is 1.81. The fourth-order valence-electron chi connectivity index (χ4n) is 3.22. The summed E-state index contributed by atoms with van der Waals surface area (Å²) >= 11 is 0. The molecule has 2 aliphatic carbocycles. The SMILES string of the molecule is CCCC1CC2CCCCC12. The highest BCUT2D eigenvalue weighted by Crippen LogP contribution is 2.50. The predicted octanol–water partition coefficient (Wildman–Crippen LogP) is 3.61. The van der Waals surface area contributed by atoms with Crippen LogP contribution in [-0.2, 0) is 0 Å². The molecule has 2 fully saturated rings. The topological polar surface area (TPSA) is 0 Å². The molecule has 0 spiro atoms. The number of rotatable bonds is 2. The van der Waals surface area contributed by atoms with E-state index in [1.165, 1.54) is 37.5 Å². The van der Waals surface area contributed by atoms with E-state index < -0.39 is 0 Å². The Hall–Kier alpha value is 0. The van der Waals surface area contributed by atoms with Crippen LogP contribution in [0.25, 0.3) is 0 Å². The summed E-state index contributed by atoms with van der Waals surface area (Å²) in [4.78, 5) is 0. The third kappa shape index (κ3) is 1.32. The Morgan fingerprint density at radius 2 is 2.00 bits per heavy atom. The van der Waals surface area contributed by atoms with Gasteiger partial charge in [0.1, 0.15) is 0 Å². The van der Waals surface area contributed by atoms with Gasteiger partial charge in [0.25, 0.3) is 0 Å². The Morgan fingerprint density at radius 3 is 2.73 bits per heavy atom. The van der Waals surface area contributed by atoms with Crippen molar-refractivity contribution in [3.8, 4) is 0 Å². The smallest absolute Gasteiger partial charge is 0.0357 e. The second-order valence-electron chi connectivity index (χ2n) is 4.49. The van der Waals surface area contributed by atoms with Crippen molar-refractivity contribution in [2.75, 3.05) is 0 Å². The Labute approximate surface area is 70.4 Å². The molecule has 0 amide bonds. The van der Waals surface area contributed by atoms with E-state index in [1.807, 2.05) is 0 Å². The fraction of sp³-hybridized carbons (Fsp3) is 1.00. The van der Waals surface area contributed by atoms with E-state index in [4.69, 9.17) is 0 Å². The zero-order chi connectivity index (χ0) is 7.68. The van der Waals surface area contributed by atoms with Gasteiger partial charge in [0.15, 0.2) is 0 Å². The molecule has 3 unspecified atom stereocenters. The third-order valence-corrected chi connectivity index (χ3v) is 3.84.